The fourth-order valence-corrected chi connectivity index (χ4v) is 2.21. The molecule has 0 spiro atoms. The predicted octanol–water partition coefficient (Wildman–Crippen LogP) is 1.53. The van der Waals surface area contributed by atoms with Crippen LogP contribution in [0, 0.1) is 11.3 Å². The highest BCUT2D eigenvalue weighted by Gasteiger charge is 2.31. The van der Waals surface area contributed by atoms with Crippen molar-refractivity contribution in [2.45, 2.75) is 44.2 Å². The fraction of sp³-hybridized carbons (Fsp3) is 0.909. The minimum Gasteiger partial charge on any atom is -0.396 e. The quantitative estimate of drug-likeness (QED) is 0.619. The molecule has 1 aliphatic carbocycles. The lowest BCUT2D eigenvalue weighted by Crippen LogP contribution is -2.42. The minimum atomic E-state index is -0.346. The molecular weight excluding hydrogens is 208 g/mol. The topological polar surface area (TPSA) is 56.0 Å². The average molecular weight is 228 g/mol. The molecule has 4 heteroatoms. The van der Waals surface area contributed by atoms with Gasteiger partial charge in [0.05, 0.1) is 12.7 Å². The highest BCUT2D eigenvalue weighted by Crippen LogP contribution is 2.24. The molecule has 1 aliphatic rings. The molecule has 1 saturated carbocycles. The first-order valence-electron chi connectivity index (χ1n) is 5.58. The second kappa shape index (κ2) is 6.37. The van der Waals surface area contributed by atoms with Crippen molar-refractivity contribution >= 4 is 11.8 Å². The molecule has 0 aromatic heterocycles. The third-order valence-corrected chi connectivity index (χ3v) is 3.60. The van der Waals surface area contributed by atoms with Crippen LogP contribution in [0.2, 0.25) is 0 Å². The second-order valence-corrected chi connectivity index (χ2v) is 5.53. The second-order valence-electron chi connectivity index (χ2n) is 4.30. The Morgan fingerprint density at radius 2 is 2.27 bits per heavy atom. The molecule has 0 aliphatic heterocycles. The minimum absolute atomic E-state index is 0.251. The zero-order chi connectivity index (χ0) is 11.1. The number of nitriles is 1. The number of rotatable bonds is 8. The number of aliphatic hydroxyl groups excluding tert-OH is 1. The van der Waals surface area contributed by atoms with E-state index in [1.54, 1.807) is 11.8 Å². The summed E-state index contributed by atoms with van der Waals surface area (Å²) in [5, 5.41) is 21.1. The van der Waals surface area contributed by atoms with E-state index in [1.165, 1.54) is 12.8 Å². The van der Waals surface area contributed by atoms with Crippen LogP contribution < -0.4 is 5.32 Å². The first-order chi connectivity index (χ1) is 7.20. The summed E-state index contributed by atoms with van der Waals surface area (Å²) in [6, 6.07) is 2.95. The molecule has 0 bridgehead atoms. The third-order valence-electron chi connectivity index (χ3n) is 2.55. The molecule has 0 saturated heterocycles. The van der Waals surface area contributed by atoms with E-state index in [0.29, 0.717) is 6.04 Å². The summed E-state index contributed by atoms with van der Waals surface area (Å²) in [6.07, 6.45) is 4.37. The van der Waals surface area contributed by atoms with Crippen molar-refractivity contribution in [3.63, 3.8) is 0 Å². The van der Waals surface area contributed by atoms with E-state index < -0.39 is 0 Å². The van der Waals surface area contributed by atoms with Crippen molar-refractivity contribution in [3.8, 4) is 6.07 Å². The van der Waals surface area contributed by atoms with Crippen LogP contribution in [0.15, 0.2) is 0 Å². The predicted molar refractivity (Wildman–Crippen MR) is 63.8 cm³/mol. The largest absolute Gasteiger partial charge is 0.396 e. The molecule has 2 N–H and O–H groups in total. The number of nitrogens with zero attached hydrogens (tertiary/aromatic N) is 1. The number of hydrogen-bond donors (Lipinski definition) is 2. The van der Waals surface area contributed by atoms with Gasteiger partial charge in [-0.15, -0.1) is 0 Å². The van der Waals surface area contributed by atoms with Crippen molar-refractivity contribution in [1.29, 1.82) is 5.26 Å². The van der Waals surface area contributed by atoms with Gasteiger partial charge in [-0.3, -0.25) is 5.32 Å². The van der Waals surface area contributed by atoms with Crippen molar-refractivity contribution in [2.24, 2.45) is 0 Å². The van der Waals surface area contributed by atoms with Crippen LogP contribution in [0.4, 0.5) is 0 Å². The summed E-state index contributed by atoms with van der Waals surface area (Å²) in [7, 11) is 0. The monoisotopic (exact) mass is 228 g/mol. The Hall–Kier alpha value is -0.240. The van der Waals surface area contributed by atoms with Gasteiger partial charge in [-0.25, -0.2) is 0 Å². The first-order valence-corrected chi connectivity index (χ1v) is 6.73. The van der Waals surface area contributed by atoms with Gasteiger partial charge < -0.3 is 5.11 Å². The van der Waals surface area contributed by atoms with Gasteiger partial charge in [-0.2, -0.15) is 17.0 Å². The zero-order valence-electron chi connectivity index (χ0n) is 9.33. The molecule has 1 fully saturated rings. The van der Waals surface area contributed by atoms with Gasteiger partial charge in [-0.05, 0) is 38.4 Å². The maximum atomic E-state index is 9.11. The van der Waals surface area contributed by atoms with E-state index in [1.807, 2.05) is 6.92 Å². The maximum Gasteiger partial charge on any atom is 0.104 e. The molecule has 0 amide bonds. The first kappa shape index (κ1) is 12.8. The summed E-state index contributed by atoms with van der Waals surface area (Å²) in [5.74, 6) is 1.84. The van der Waals surface area contributed by atoms with Crippen molar-refractivity contribution in [2.75, 3.05) is 18.1 Å². The molecule has 3 nitrogen and oxygen atoms in total. The van der Waals surface area contributed by atoms with Gasteiger partial charge in [0.1, 0.15) is 5.54 Å². The lowest BCUT2D eigenvalue weighted by molar-refractivity contribution is 0.322. The van der Waals surface area contributed by atoms with Crippen LogP contribution in [-0.2, 0) is 0 Å². The molecule has 1 unspecified atom stereocenters. The molecule has 1 atom stereocenters. The average Bonchev–Trinajstić information content (AvgIpc) is 3.01. The van der Waals surface area contributed by atoms with Gasteiger partial charge in [0.25, 0.3) is 0 Å². The van der Waals surface area contributed by atoms with Crippen LogP contribution in [0.1, 0.15) is 32.6 Å². The van der Waals surface area contributed by atoms with Gasteiger partial charge in [0.15, 0.2) is 0 Å². The van der Waals surface area contributed by atoms with Crippen LogP contribution in [-0.4, -0.2) is 34.8 Å². The van der Waals surface area contributed by atoms with Crippen molar-refractivity contribution < 1.29 is 5.11 Å². The van der Waals surface area contributed by atoms with E-state index in [9.17, 15) is 0 Å². The third kappa shape index (κ3) is 5.41. The van der Waals surface area contributed by atoms with Crippen LogP contribution >= 0.6 is 11.8 Å². The lowest BCUT2D eigenvalue weighted by Gasteiger charge is -2.22. The van der Waals surface area contributed by atoms with Crippen molar-refractivity contribution in [3.05, 3.63) is 0 Å². The van der Waals surface area contributed by atoms with Crippen LogP contribution in [0.3, 0.4) is 0 Å². The molecule has 0 radical (unpaired) electrons. The maximum absolute atomic E-state index is 9.11. The molecule has 0 aromatic rings. The fourth-order valence-electron chi connectivity index (χ4n) is 1.53. The van der Waals surface area contributed by atoms with E-state index in [0.717, 1.165) is 24.3 Å². The molecule has 1 rings (SSSR count). The number of nitrogens with one attached hydrogen (secondary N) is 1. The van der Waals surface area contributed by atoms with Crippen molar-refractivity contribution in [1.82, 2.24) is 5.32 Å². The van der Waals surface area contributed by atoms with E-state index in [4.69, 9.17) is 10.4 Å². The SMILES string of the molecule is CC(C#N)(CCCSCCO)NC1CC1. The molecule has 0 heterocycles. The Balaban J connectivity index is 2.12. The van der Waals surface area contributed by atoms with Gasteiger partial charge in [0.2, 0.25) is 0 Å². The highest BCUT2D eigenvalue weighted by atomic mass is 32.2. The number of thioether (sulfide) groups is 1. The van der Waals surface area contributed by atoms with Crippen LogP contribution in [0.25, 0.3) is 0 Å². The summed E-state index contributed by atoms with van der Waals surface area (Å²) in [6.45, 7) is 2.24. The molecular formula is C11H20N2OS. The standard InChI is InChI=1S/C11H20N2OS/c1-11(9-12,13-10-3-4-10)5-2-7-15-8-6-14/h10,13-14H,2-8H2,1H3. The number of hydrogen-bond acceptors (Lipinski definition) is 4. The Kier molecular flexibility index (Phi) is 5.44. The summed E-state index contributed by atoms with van der Waals surface area (Å²) < 4.78 is 0. The summed E-state index contributed by atoms with van der Waals surface area (Å²) in [5.41, 5.74) is -0.346. The lowest BCUT2D eigenvalue weighted by atomic mass is 9.98. The Morgan fingerprint density at radius 3 is 2.80 bits per heavy atom. The van der Waals surface area contributed by atoms with Gasteiger partial charge in [0, 0.05) is 11.8 Å². The highest BCUT2D eigenvalue weighted by molar-refractivity contribution is 7.99. The van der Waals surface area contributed by atoms with E-state index in [-0.39, 0.29) is 12.1 Å². The van der Waals surface area contributed by atoms with E-state index >= 15 is 0 Å². The number of aliphatic hydroxyl groups is 1. The van der Waals surface area contributed by atoms with Gasteiger partial charge >= 0.3 is 0 Å². The molecule has 0 aromatic carbocycles. The van der Waals surface area contributed by atoms with Gasteiger partial charge in [-0.1, -0.05) is 0 Å². The Labute approximate surface area is 96.2 Å². The normalized spacial score (nSPS) is 19.5. The zero-order valence-corrected chi connectivity index (χ0v) is 10.1. The van der Waals surface area contributed by atoms with Crippen LogP contribution in [0.5, 0.6) is 0 Å². The Morgan fingerprint density at radius 1 is 1.53 bits per heavy atom. The Bertz CT molecular complexity index is 225. The molecule has 86 valence electrons. The summed E-state index contributed by atoms with van der Waals surface area (Å²) >= 11 is 1.75. The summed E-state index contributed by atoms with van der Waals surface area (Å²) in [4.78, 5) is 0. The smallest absolute Gasteiger partial charge is 0.104 e. The van der Waals surface area contributed by atoms with E-state index in [2.05, 4.69) is 11.4 Å². The molecule has 15 heavy (non-hydrogen) atoms.